The molecular formula is C67H137N9O8. The molecule has 1 rings (SSSR count). The van der Waals surface area contributed by atoms with Gasteiger partial charge in [0, 0.05) is 32.1 Å². The van der Waals surface area contributed by atoms with Gasteiger partial charge in [-0.3, -0.25) is 30.3 Å². The van der Waals surface area contributed by atoms with Gasteiger partial charge < -0.3 is 57.5 Å². The van der Waals surface area contributed by atoms with E-state index in [1.807, 2.05) is 7.05 Å². The third-order valence-corrected chi connectivity index (χ3v) is 17.5. The molecule has 12 atom stereocenters. The molecule has 0 aliphatic carbocycles. The van der Waals surface area contributed by atoms with Gasteiger partial charge in [0.2, 0.25) is 11.8 Å². The zero-order chi connectivity index (χ0) is 61.8. The lowest BCUT2D eigenvalue weighted by atomic mass is 9.93. The summed E-state index contributed by atoms with van der Waals surface area (Å²) in [6, 6.07) is -0.480. The van der Waals surface area contributed by atoms with Crippen molar-refractivity contribution in [3.63, 3.8) is 0 Å². The maximum atomic E-state index is 13.2. The second-order valence-corrected chi connectivity index (χ2v) is 25.2. The SMILES string of the molecule is CCCCCCCCCCC(NC(=O)C1OC(O)C(O)C(O)C1O)C(=O)NCCCCCCCCCCCCCCCCCCCCCCCC(=O)NCCCCCCC(CNC(CCC)NC(CC)NC)C(C)NC(CCC)NC(N)CC. The first-order chi connectivity index (χ1) is 40.8. The van der Waals surface area contributed by atoms with E-state index in [0.29, 0.717) is 37.5 Å². The van der Waals surface area contributed by atoms with Gasteiger partial charge in [0.25, 0.3) is 5.91 Å². The van der Waals surface area contributed by atoms with Crippen molar-refractivity contribution in [3.8, 4) is 0 Å². The summed E-state index contributed by atoms with van der Waals surface area (Å²) in [5, 5.41) is 67.6. The number of aliphatic hydroxyl groups is 4. The maximum Gasteiger partial charge on any atom is 0.252 e. The lowest BCUT2D eigenvalue weighted by Crippen LogP contribution is -2.63. The largest absolute Gasteiger partial charge is 0.387 e. The molecule has 84 heavy (non-hydrogen) atoms. The summed E-state index contributed by atoms with van der Waals surface area (Å²) in [6.45, 7) is 15.7. The van der Waals surface area contributed by atoms with Gasteiger partial charge in [-0.25, -0.2) is 0 Å². The van der Waals surface area contributed by atoms with Gasteiger partial charge in [-0.2, -0.15) is 0 Å². The predicted molar refractivity (Wildman–Crippen MR) is 348 cm³/mol. The van der Waals surface area contributed by atoms with Crippen LogP contribution in [0.1, 0.15) is 311 Å². The Hall–Kier alpha value is -2.03. The summed E-state index contributed by atoms with van der Waals surface area (Å²) < 4.78 is 5.11. The fraction of sp³-hybridized carbons (Fsp3) is 0.955. The zero-order valence-electron chi connectivity index (χ0n) is 55.2. The summed E-state index contributed by atoms with van der Waals surface area (Å²) in [6.07, 6.45) is 40.3. The van der Waals surface area contributed by atoms with Crippen LogP contribution in [0.3, 0.4) is 0 Å². The monoisotopic (exact) mass is 1200 g/mol. The van der Waals surface area contributed by atoms with E-state index in [1.165, 1.54) is 148 Å². The Labute approximate surface area is 514 Å². The average molecular weight is 1200 g/mol. The van der Waals surface area contributed by atoms with E-state index in [2.05, 4.69) is 84.1 Å². The Morgan fingerprint density at radius 3 is 1.43 bits per heavy atom. The van der Waals surface area contributed by atoms with Crippen LogP contribution < -0.4 is 48.3 Å². The van der Waals surface area contributed by atoms with Crippen LogP contribution in [-0.4, -0.2) is 132 Å². The lowest BCUT2D eigenvalue weighted by Gasteiger charge is -2.37. The molecule has 0 aromatic rings. The van der Waals surface area contributed by atoms with Gasteiger partial charge in [-0.1, -0.05) is 240 Å². The number of unbranched alkanes of at least 4 members (excludes halogenated alkanes) is 30. The van der Waals surface area contributed by atoms with E-state index in [9.17, 15) is 34.8 Å². The quantitative estimate of drug-likeness (QED) is 0.0200. The Kier molecular flexibility index (Phi) is 52.4. The van der Waals surface area contributed by atoms with Gasteiger partial charge in [-0.05, 0) is 77.7 Å². The summed E-state index contributed by atoms with van der Waals surface area (Å²) in [5.41, 5.74) is 6.32. The Morgan fingerprint density at radius 2 is 0.940 bits per heavy atom. The molecule has 498 valence electrons. The number of carbonyl (C=O) groups excluding carboxylic acids is 3. The maximum absolute atomic E-state index is 13.2. The van der Waals surface area contributed by atoms with Crippen LogP contribution in [-0.2, 0) is 19.1 Å². The number of amides is 3. The molecule has 3 amide bonds. The van der Waals surface area contributed by atoms with Crippen LogP contribution in [0.5, 0.6) is 0 Å². The van der Waals surface area contributed by atoms with Crippen molar-refractivity contribution in [2.24, 2.45) is 11.7 Å². The number of aliphatic hydroxyl groups excluding tert-OH is 4. The summed E-state index contributed by atoms with van der Waals surface area (Å²) in [5.74, 6) is -0.376. The molecule has 1 aliphatic rings. The number of ether oxygens (including phenoxy) is 1. The second kappa shape index (κ2) is 55.1. The third kappa shape index (κ3) is 41.2. The van der Waals surface area contributed by atoms with Crippen LogP contribution in [0.2, 0.25) is 0 Å². The number of carbonyl (C=O) groups is 3. The fourth-order valence-corrected chi connectivity index (χ4v) is 11.7. The first-order valence-corrected chi connectivity index (χ1v) is 35.4. The molecule has 0 bridgehead atoms. The van der Waals surface area contributed by atoms with Crippen molar-refractivity contribution in [1.29, 1.82) is 0 Å². The van der Waals surface area contributed by atoms with Crippen LogP contribution in [0.15, 0.2) is 0 Å². The van der Waals surface area contributed by atoms with Crippen LogP contribution in [0, 0.1) is 5.92 Å². The number of nitrogens with two attached hydrogens (primary N) is 1. The molecule has 12 unspecified atom stereocenters. The van der Waals surface area contributed by atoms with E-state index in [1.54, 1.807) is 0 Å². The molecule has 1 aliphatic heterocycles. The first kappa shape index (κ1) is 80.0. The average Bonchev–Trinajstić information content (AvgIpc) is 3.05. The minimum atomic E-state index is -1.83. The van der Waals surface area contributed by atoms with E-state index in [4.69, 9.17) is 10.5 Å². The molecular weight excluding hydrogens is 1060 g/mol. The number of rotatable bonds is 60. The van der Waals surface area contributed by atoms with Crippen LogP contribution >= 0.6 is 0 Å². The van der Waals surface area contributed by atoms with E-state index < -0.39 is 42.7 Å². The van der Waals surface area contributed by atoms with Crippen LogP contribution in [0.4, 0.5) is 0 Å². The summed E-state index contributed by atoms with van der Waals surface area (Å²) >= 11 is 0. The Bertz CT molecular complexity index is 1520. The van der Waals surface area contributed by atoms with Crippen molar-refractivity contribution < 1.29 is 39.5 Å². The molecule has 0 saturated carbocycles. The lowest BCUT2D eigenvalue weighted by molar-refractivity contribution is -0.275. The topological polar surface area (TPSA) is 264 Å². The minimum absolute atomic E-state index is 0.00152. The normalized spacial score (nSPS) is 19.8. The molecule has 0 aromatic heterocycles. The molecule has 1 fully saturated rings. The molecule has 17 heteroatoms. The van der Waals surface area contributed by atoms with Crippen LogP contribution in [0.25, 0.3) is 0 Å². The smallest absolute Gasteiger partial charge is 0.252 e. The summed E-state index contributed by atoms with van der Waals surface area (Å²) in [7, 11) is 2.03. The highest BCUT2D eigenvalue weighted by Crippen LogP contribution is 2.22. The fourth-order valence-electron chi connectivity index (χ4n) is 11.7. The molecule has 14 N–H and O–H groups in total. The third-order valence-electron chi connectivity index (χ3n) is 17.5. The van der Waals surface area contributed by atoms with Crippen molar-refractivity contribution >= 4 is 17.7 Å². The highest BCUT2D eigenvalue weighted by Gasteiger charge is 2.46. The van der Waals surface area contributed by atoms with E-state index in [0.717, 1.165) is 122 Å². The highest BCUT2D eigenvalue weighted by atomic mass is 16.6. The number of nitrogens with one attached hydrogen (secondary N) is 8. The van der Waals surface area contributed by atoms with Crippen molar-refractivity contribution in [1.82, 2.24) is 42.5 Å². The molecule has 0 radical (unpaired) electrons. The standard InChI is InChI=1S/C67H137N9O8/c1-8-13-14-15-16-32-35-41-48-55(74-66(82)64-62(79)61(78)63(80)67(83)84-64)65(81)71-51-44-38-34-31-29-27-25-23-21-19-17-18-20-22-24-26-28-30-33-36-42-49-60(77)70-50-43-39-37-40-47-54(52-72-58(45-9-2)76-57(12-5)69-7)53(6)73-59(46-10-3)75-56(68)11-4/h53-59,61-64,67,69,72-73,75-76,78-80,83H,8-52,68H2,1-7H3,(H,70,77)(H,71,81)(H,74,82). The van der Waals surface area contributed by atoms with Gasteiger partial charge in [0.05, 0.1) is 24.7 Å². The first-order valence-electron chi connectivity index (χ1n) is 35.4. The van der Waals surface area contributed by atoms with E-state index >= 15 is 0 Å². The molecule has 0 aromatic carbocycles. The summed E-state index contributed by atoms with van der Waals surface area (Å²) in [4.78, 5) is 38.9. The van der Waals surface area contributed by atoms with Gasteiger partial charge in [0.15, 0.2) is 12.4 Å². The Morgan fingerprint density at radius 1 is 0.476 bits per heavy atom. The van der Waals surface area contributed by atoms with Crippen molar-refractivity contribution in [3.05, 3.63) is 0 Å². The highest BCUT2D eigenvalue weighted by molar-refractivity contribution is 5.89. The van der Waals surface area contributed by atoms with Crippen molar-refractivity contribution in [2.45, 2.75) is 379 Å². The number of hydrogen-bond donors (Lipinski definition) is 13. The zero-order valence-corrected chi connectivity index (χ0v) is 55.2. The molecule has 17 nitrogen and oxygen atoms in total. The number of hydrogen-bond acceptors (Lipinski definition) is 14. The predicted octanol–water partition coefficient (Wildman–Crippen LogP) is 10.8. The molecule has 0 spiro atoms. The van der Waals surface area contributed by atoms with Gasteiger partial charge >= 0.3 is 0 Å². The minimum Gasteiger partial charge on any atom is -0.387 e. The van der Waals surface area contributed by atoms with Crippen molar-refractivity contribution in [2.75, 3.05) is 26.7 Å². The second-order valence-electron chi connectivity index (χ2n) is 25.2. The van der Waals surface area contributed by atoms with Gasteiger partial charge in [0.1, 0.15) is 24.4 Å². The Balaban J connectivity index is 2.10. The van der Waals surface area contributed by atoms with E-state index in [-0.39, 0.29) is 30.3 Å². The van der Waals surface area contributed by atoms with Gasteiger partial charge in [-0.15, -0.1) is 0 Å². The molecule has 1 heterocycles. The molecule has 1 saturated heterocycles.